The maximum atomic E-state index is 13.1. The lowest BCUT2D eigenvalue weighted by Crippen LogP contribution is -2.29. The van der Waals surface area contributed by atoms with E-state index in [0.717, 1.165) is 19.3 Å². The highest BCUT2D eigenvalue weighted by molar-refractivity contribution is 5.96. The van der Waals surface area contributed by atoms with Crippen LogP contribution in [0.3, 0.4) is 0 Å². The number of carbonyl (C=O) groups excluding carboxylic acids is 1. The lowest BCUT2D eigenvalue weighted by atomic mass is 10.1. The molecule has 0 saturated carbocycles. The number of amides is 1. The topological polar surface area (TPSA) is 59.3 Å². The molecule has 0 aliphatic carbocycles. The summed E-state index contributed by atoms with van der Waals surface area (Å²) in [6, 6.07) is 5.16. The molecule has 1 N–H and O–H groups in total. The third-order valence-corrected chi connectivity index (χ3v) is 3.00. The fourth-order valence-corrected chi connectivity index (χ4v) is 1.92. The van der Waals surface area contributed by atoms with Crippen LogP contribution in [0.4, 0.5) is 4.39 Å². The van der Waals surface area contributed by atoms with E-state index in [2.05, 4.69) is 12.2 Å². The van der Waals surface area contributed by atoms with Crippen molar-refractivity contribution in [3.63, 3.8) is 0 Å². The van der Waals surface area contributed by atoms with Crippen molar-refractivity contribution in [3.8, 4) is 0 Å². The molecule has 5 heteroatoms. The Hall–Kier alpha value is -2.17. The molecular weight excluding hydrogens is 261 g/mol. The van der Waals surface area contributed by atoms with Crippen molar-refractivity contribution in [1.82, 2.24) is 5.32 Å². The second kappa shape index (κ2) is 6.32. The molecule has 1 heterocycles. The van der Waals surface area contributed by atoms with Gasteiger partial charge in [0.05, 0.1) is 0 Å². The Kier molecular flexibility index (Phi) is 4.50. The van der Waals surface area contributed by atoms with Crippen LogP contribution in [0.1, 0.15) is 36.5 Å². The van der Waals surface area contributed by atoms with Crippen LogP contribution in [0.15, 0.2) is 33.5 Å². The minimum absolute atomic E-state index is 0.0976. The average molecular weight is 277 g/mol. The van der Waals surface area contributed by atoms with Crippen molar-refractivity contribution >= 4 is 16.9 Å². The summed E-state index contributed by atoms with van der Waals surface area (Å²) in [5.74, 6) is -0.929. The van der Waals surface area contributed by atoms with E-state index in [1.807, 2.05) is 0 Å². The summed E-state index contributed by atoms with van der Waals surface area (Å²) in [7, 11) is 0. The lowest BCUT2D eigenvalue weighted by Gasteiger charge is -2.04. The van der Waals surface area contributed by atoms with Gasteiger partial charge in [0.25, 0.3) is 5.91 Å². The minimum Gasteiger partial charge on any atom is -0.422 e. The number of halogens is 1. The third kappa shape index (κ3) is 3.23. The third-order valence-electron chi connectivity index (χ3n) is 3.00. The van der Waals surface area contributed by atoms with Crippen molar-refractivity contribution in [2.45, 2.75) is 26.2 Å². The molecule has 1 amide bonds. The van der Waals surface area contributed by atoms with Crippen LogP contribution in [-0.4, -0.2) is 12.5 Å². The van der Waals surface area contributed by atoms with Gasteiger partial charge in [-0.05, 0) is 30.7 Å². The van der Waals surface area contributed by atoms with Crippen LogP contribution in [0.5, 0.6) is 0 Å². The largest absolute Gasteiger partial charge is 0.422 e. The van der Waals surface area contributed by atoms with Crippen molar-refractivity contribution in [2.24, 2.45) is 0 Å². The summed E-state index contributed by atoms with van der Waals surface area (Å²) < 4.78 is 18.2. The lowest BCUT2D eigenvalue weighted by molar-refractivity contribution is 0.0949. The van der Waals surface area contributed by atoms with Crippen LogP contribution < -0.4 is 10.9 Å². The van der Waals surface area contributed by atoms with E-state index in [4.69, 9.17) is 4.42 Å². The van der Waals surface area contributed by atoms with E-state index in [0.29, 0.717) is 11.9 Å². The fourth-order valence-electron chi connectivity index (χ4n) is 1.92. The van der Waals surface area contributed by atoms with Crippen molar-refractivity contribution in [3.05, 3.63) is 46.1 Å². The number of benzene rings is 1. The van der Waals surface area contributed by atoms with Gasteiger partial charge in [-0.1, -0.05) is 19.8 Å². The molecule has 0 saturated heterocycles. The normalized spacial score (nSPS) is 10.7. The van der Waals surface area contributed by atoms with Gasteiger partial charge in [0.2, 0.25) is 0 Å². The SMILES string of the molecule is CCCCCNC(=O)c1cc2cc(F)ccc2oc1=O. The fraction of sp³-hybridized carbons (Fsp3) is 0.333. The zero-order chi connectivity index (χ0) is 14.5. The van der Waals surface area contributed by atoms with E-state index in [1.165, 1.54) is 24.3 Å². The Balaban J connectivity index is 2.22. The minimum atomic E-state index is -0.711. The van der Waals surface area contributed by atoms with Gasteiger partial charge < -0.3 is 9.73 Å². The highest BCUT2D eigenvalue weighted by Gasteiger charge is 2.13. The van der Waals surface area contributed by atoms with Gasteiger partial charge in [0, 0.05) is 11.9 Å². The number of carbonyl (C=O) groups is 1. The molecule has 0 fully saturated rings. The van der Waals surface area contributed by atoms with Gasteiger partial charge in [-0.2, -0.15) is 0 Å². The number of hydrogen-bond donors (Lipinski definition) is 1. The molecule has 2 rings (SSSR count). The first-order valence-electron chi connectivity index (χ1n) is 6.63. The van der Waals surface area contributed by atoms with E-state index in [9.17, 15) is 14.0 Å². The van der Waals surface area contributed by atoms with Gasteiger partial charge in [-0.25, -0.2) is 9.18 Å². The van der Waals surface area contributed by atoms with E-state index in [1.54, 1.807) is 0 Å². The van der Waals surface area contributed by atoms with Gasteiger partial charge in [-0.3, -0.25) is 4.79 Å². The smallest absolute Gasteiger partial charge is 0.349 e. The highest BCUT2D eigenvalue weighted by atomic mass is 19.1. The second-order valence-corrected chi connectivity index (χ2v) is 4.59. The molecule has 0 radical (unpaired) electrons. The van der Waals surface area contributed by atoms with Crippen molar-refractivity contribution in [1.29, 1.82) is 0 Å². The van der Waals surface area contributed by atoms with Crippen molar-refractivity contribution < 1.29 is 13.6 Å². The van der Waals surface area contributed by atoms with Crippen LogP contribution in [0.2, 0.25) is 0 Å². The summed E-state index contributed by atoms with van der Waals surface area (Å²) in [5, 5.41) is 3.05. The van der Waals surface area contributed by atoms with Crippen LogP contribution in [0, 0.1) is 5.82 Å². The monoisotopic (exact) mass is 277 g/mol. The number of unbranched alkanes of at least 4 members (excludes halogenated alkanes) is 2. The van der Waals surface area contributed by atoms with Gasteiger partial charge >= 0.3 is 5.63 Å². The number of rotatable bonds is 5. The molecule has 2 aromatic rings. The maximum absolute atomic E-state index is 13.1. The molecule has 0 unspecified atom stereocenters. The zero-order valence-corrected chi connectivity index (χ0v) is 11.2. The average Bonchev–Trinajstić information content (AvgIpc) is 2.43. The zero-order valence-electron chi connectivity index (χ0n) is 11.2. The van der Waals surface area contributed by atoms with Crippen LogP contribution in [-0.2, 0) is 0 Å². The molecule has 0 bridgehead atoms. The Morgan fingerprint density at radius 2 is 2.10 bits per heavy atom. The number of fused-ring (bicyclic) bond motifs is 1. The summed E-state index contributed by atoms with van der Waals surface area (Å²) in [6.07, 6.45) is 2.92. The predicted molar refractivity (Wildman–Crippen MR) is 74.3 cm³/mol. The molecule has 1 aromatic heterocycles. The quantitative estimate of drug-likeness (QED) is 0.675. The van der Waals surface area contributed by atoms with Crippen LogP contribution in [0.25, 0.3) is 11.0 Å². The first-order valence-corrected chi connectivity index (χ1v) is 6.63. The van der Waals surface area contributed by atoms with E-state index < -0.39 is 17.3 Å². The standard InChI is InChI=1S/C15H16FNO3/c1-2-3-4-7-17-14(18)12-9-10-8-11(16)5-6-13(10)20-15(12)19/h5-6,8-9H,2-4,7H2,1H3,(H,17,18). The van der Waals surface area contributed by atoms with E-state index >= 15 is 0 Å². The Morgan fingerprint density at radius 1 is 1.30 bits per heavy atom. The number of hydrogen-bond acceptors (Lipinski definition) is 3. The first kappa shape index (κ1) is 14.2. The Labute approximate surface area is 115 Å². The molecular formula is C15H16FNO3. The highest BCUT2D eigenvalue weighted by Crippen LogP contribution is 2.14. The first-order chi connectivity index (χ1) is 9.61. The molecule has 0 aliphatic rings. The molecule has 0 aliphatic heterocycles. The Bertz CT molecular complexity index is 678. The van der Waals surface area contributed by atoms with Gasteiger partial charge in [0.15, 0.2) is 0 Å². The summed E-state index contributed by atoms with van der Waals surface area (Å²) in [5.41, 5.74) is -0.546. The second-order valence-electron chi connectivity index (χ2n) is 4.59. The summed E-state index contributed by atoms with van der Waals surface area (Å²) in [4.78, 5) is 23.6. The van der Waals surface area contributed by atoms with Crippen molar-refractivity contribution in [2.75, 3.05) is 6.54 Å². The van der Waals surface area contributed by atoms with Crippen LogP contribution >= 0.6 is 0 Å². The maximum Gasteiger partial charge on any atom is 0.349 e. The van der Waals surface area contributed by atoms with E-state index in [-0.39, 0.29) is 11.1 Å². The Morgan fingerprint density at radius 3 is 2.85 bits per heavy atom. The molecule has 106 valence electrons. The van der Waals surface area contributed by atoms with Gasteiger partial charge in [-0.15, -0.1) is 0 Å². The molecule has 0 spiro atoms. The molecule has 0 atom stereocenters. The summed E-state index contributed by atoms with van der Waals surface area (Å²) in [6.45, 7) is 2.57. The number of nitrogens with one attached hydrogen (secondary N) is 1. The predicted octanol–water partition coefficient (Wildman–Crippen LogP) is 2.85. The molecule has 4 nitrogen and oxygen atoms in total. The molecule has 1 aromatic carbocycles. The van der Waals surface area contributed by atoms with Gasteiger partial charge in [0.1, 0.15) is 17.0 Å². The summed E-state index contributed by atoms with van der Waals surface area (Å²) >= 11 is 0. The molecule has 20 heavy (non-hydrogen) atoms.